The lowest BCUT2D eigenvalue weighted by atomic mass is 10.0. The van der Waals surface area contributed by atoms with Crippen molar-refractivity contribution in [2.45, 2.75) is 32.5 Å². The van der Waals surface area contributed by atoms with Gasteiger partial charge in [-0.2, -0.15) is 0 Å². The van der Waals surface area contributed by atoms with Crippen molar-refractivity contribution in [3.8, 4) is 16.9 Å². The van der Waals surface area contributed by atoms with Gasteiger partial charge in [-0.25, -0.2) is 5.84 Å². The molecule has 0 saturated carbocycles. The molecule has 2 unspecified atom stereocenters. The van der Waals surface area contributed by atoms with Crippen LogP contribution in [-0.4, -0.2) is 49.3 Å². The molecule has 0 spiro atoms. The van der Waals surface area contributed by atoms with Crippen molar-refractivity contribution in [1.29, 1.82) is 0 Å². The van der Waals surface area contributed by atoms with Gasteiger partial charge in [0.2, 0.25) is 0 Å². The molecule has 1 aliphatic rings. The molecule has 0 radical (unpaired) electrons. The van der Waals surface area contributed by atoms with Crippen molar-refractivity contribution in [1.82, 2.24) is 10.3 Å². The summed E-state index contributed by atoms with van der Waals surface area (Å²) in [7, 11) is 0. The molecule has 6 heteroatoms. The molecule has 28 heavy (non-hydrogen) atoms. The summed E-state index contributed by atoms with van der Waals surface area (Å²) in [6.45, 7) is 7.96. The number of nitrogen functional groups attached to an aromatic ring is 1. The molecule has 1 saturated heterocycles. The van der Waals surface area contributed by atoms with Gasteiger partial charge in [0.15, 0.2) is 0 Å². The van der Waals surface area contributed by atoms with Crippen LogP contribution in [0.3, 0.4) is 0 Å². The smallest absolute Gasteiger partial charge is 0.265 e. The van der Waals surface area contributed by atoms with Gasteiger partial charge in [0, 0.05) is 25.2 Å². The minimum absolute atomic E-state index is 0.295. The van der Waals surface area contributed by atoms with Crippen molar-refractivity contribution in [2.75, 3.05) is 26.2 Å². The first-order chi connectivity index (χ1) is 13.5. The van der Waals surface area contributed by atoms with Gasteiger partial charge >= 0.3 is 0 Å². The predicted molar refractivity (Wildman–Crippen MR) is 110 cm³/mol. The van der Waals surface area contributed by atoms with Gasteiger partial charge in [-0.3, -0.25) is 15.1 Å². The molecule has 1 aliphatic heterocycles. The van der Waals surface area contributed by atoms with Crippen LogP contribution in [0.15, 0.2) is 48.5 Å². The van der Waals surface area contributed by atoms with E-state index in [4.69, 9.17) is 15.3 Å². The zero-order valence-electron chi connectivity index (χ0n) is 16.6. The first-order valence-electron chi connectivity index (χ1n) is 9.77. The Labute approximate surface area is 166 Å². The van der Waals surface area contributed by atoms with Crippen molar-refractivity contribution in [3.05, 3.63) is 54.1 Å². The standard InChI is InChI=1S/C22H29N3O3/c1-16-14-25(15-17(2)28-16)12-3-13-27-21-10-8-19(9-11-21)18-4-6-20(7-5-18)22(26)24-23/h4-11,16-17H,3,12-15,23H2,1-2H3,(H,24,26). The summed E-state index contributed by atoms with van der Waals surface area (Å²) in [4.78, 5) is 13.9. The lowest BCUT2D eigenvalue weighted by Crippen LogP contribution is -2.45. The fraction of sp³-hybridized carbons (Fsp3) is 0.409. The van der Waals surface area contributed by atoms with Crippen molar-refractivity contribution in [2.24, 2.45) is 5.84 Å². The monoisotopic (exact) mass is 383 g/mol. The van der Waals surface area contributed by atoms with Crippen LogP contribution in [0.1, 0.15) is 30.6 Å². The molecule has 3 N–H and O–H groups in total. The number of nitrogens with two attached hydrogens (primary N) is 1. The van der Waals surface area contributed by atoms with Crippen LogP contribution in [-0.2, 0) is 4.74 Å². The van der Waals surface area contributed by atoms with Crippen molar-refractivity contribution in [3.63, 3.8) is 0 Å². The van der Waals surface area contributed by atoms with E-state index in [-0.39, 0.29) is 5.91 Å². The van der Waals surface area contributed by atoms with Gasteiger partial charge in [-0.05, 0) is 55.7 Å². The Kier molecular flexibility index (Phi) is 7.03. The average molecular weight is 383 g/mol. The first-order valence-corrected chi connectivity index (χ1v) is 9.77. The lowest BCUT2D eigenvalue weighted by molar-refractivity contribution is -0.0686. The normalized spacial score (nSPS) is 20.0. The van der Waals surface area contributed by atoms with E-state index in [1.165, 1.54) is 0 Å². The number of hydrogen-bond acceptors (Lipinski definition) is 5. The minimum atomic E-state index is -0.295. The predicted octanol–water partition coefficient (Wildman–Crippen LogP) is 2.84. The molecule has 6 nitrogen and oxygen atoms in total. The zero-order valence-corrected chi connectivity index (χ0v) is 16.6. The Morgan fingerprint density at radius 3 is 2.21 bits per heavy atom. The number of rotatable bonds is 7. The highest BCUT2D eigenvalue weighted by molar-refractivity contribution is 5.94. The summed E-state index contributed by atoms with van der Waals surface area (Å²) in [5, 5.41) is 0. The summed E-state index contributed by atoms with van der Waals surface area (Å²) in [5.74, 6) is 5.72. The molecule has 0 bridgehead atoms. The van der Waals surface area contributed by atoms with E-state index in [0.717, 1.165) is 42.9 Å². The van der Waals surface area contributed by atoms with Crippen LogP contribution in [0.5, 0.6) is 5.75 Å². The van der Waals surface area contributed by atoms with E-state index < -0.39 is 0 Å². The average Bonchev–Trinajstić information content (AvgIpc) is 2.70. The quantitative estimate of drug-likeness (QED) is 0.333. The number of morpholine rings is 1. The number of nitrogens with zero attached hydrogens (tertiary/aromatic N) is 1. The number of nitrogens with one attached hydrogen (secondary N) is 1. The molecule has 3 rings (SSSR count). The molecule has 1 amide bonds. The van der Waals surface area contributed by atoms with E-state index in [1.807, 2.05) is 36.4 Å². The van der Waals surface area contributed by atoms with Gasteiger partial charge in [0.25, 0.3) is 5.91 Å². The molecule has 0 aliphatic carbocycles. The minimum Gasteiger partial charge on any atom is -0.494 e. The summed E-state index contributed by atoms with van der Waals surface area (Å²) < 4.78 is 11.6. The molecule has 0 aromatic heterocycles. The number of hydrazine groups is 1. The second-order valence-electron chi connectivity index (χ2n) is 7.29. The van der Waals surface area contributed by atoms with E-state index in [2.05, 4.69) is 24.2 Å². The highest BCUT2D eigenvalue weighted by Gasteiger charge is 2.21. The van der Waals surface area contributed by atoms with Crippen LogP contribution in [0.25, 0.3) is 11.1 Å². The Bertz CT molecular complexity index is 752. The highest BCUT2D eigenvalue weighted by Crippen LogP contribution is 2.23. The van der Waals surface area contributed by atoms with Gasteiger partial charge in [0.05, 0.1) is 18.8 Å². The van der Waals surface area contributed by atoms with E-state index in [9.17, 15) is 4.79 Å². The molecule has 150 valence electrons. The summed E-state index contributed by atoms with van der Waals surface area (Å²) in [6.07, 6.45) is 1.60. The van der Waals surface area contributed by atoms with E-state index in [1.54, 1.807) is 12.1 Å². The maximum absolute atomic E-state index is 11.5. The number of amides is 1. The van der Waals surface area contributed by atoms with E-state index in [0.29, 0.717) is 24.4 Å². The second kappa shape index (κ2) is 9.68. The molecular weight excluding hydrogens is 354 g/mol. The van der Waals surface area contributed by atoms with Crippen LogP contribution in [0.2, 0.25) is 0 Å². The molecule has 2 atom stereocenters. The Balaban J connectivity index is 1.46. The van der Waals surface area contributed by atoms with Crippen LogP contribution < -0.4 is 16.0 Å². The number of ether oxygens (including phenoxy) is 2. The largest absolute Gasteiger partial charge is 0.494 e. The zero-order chi connectivity index (χ0) is 19.9. The van der Waals surface area contributed by atoms with Gasteiger partial charge in [0.1, 0.15) is 5.75 Å². The van der Waals surface area contributed by atoms with Crippen LogP contribution in [0.4, 0.5) is 0 Å². The maximum atomic E-state index is 11.5. The Morgan fingerprint density at radius 1 is 1.07 bits per heavy atom. The SMILES string of the molecule is CC1CN(CCCOc2ccc(-c3ccc(C(=O)NN)cc3)cc2)CC(C)O1. The number of benzene rings is 2. The lowest BCUT2D eigenvalue weighted by Gasteiger charge is -2.35. The molecule has 2 aromatic rings. The molecular formula is C22H29N3O3. The fourth-order valence-corrected chi connectivity index (χ4v) is 3.59. The van der Waals surface area contributed by atoms with Gasteiger partial charge in [-0.15, -0.1) is 0 Å². The third kappa shape index (κ3) is 5.55. The topological polar surface area (TPSA) is 76.8 Å². The highest BCUT2D eigenvalue weighted by atomic mass is 16.5. The fourth-order valence-electron chi connectivity index (χ4n) is 3.59. The van der Waals surface area contributed by atoms with E-state index >= 15 is 0 Å². The maximum Gasteiger partial charge on any atom is 0.265 e. The van der Waals surface area contributed by atoms with Crippen LogP contribution >= 0.6 is 0 Å². The van der Waals surface area contributed by atoms with Crippen LogP contribution in [0, 0.1) is 0 Å². The number of hydrogen-bond donors (Lipinski definition) is 2. The number of carbonyl (C=O) groups excluding carboxylic acids is 1. The Morgan fingerprint density at radius 2 is 1.64 bits per heavy atom. The summed E-state index contributed by atoms with van der Waals surface area (Å²) in [6, 6.07) is 15.3. The summed E-state index contributed by atoms with van der Waals surface area (Å²) in [5.41, 5.74) is 4.78. The third-order valence-electron chi connectivity index (χ3n) is 4.85. The van der Waals surface area contributed by atoms with Gasteiger partial charge in [-0.1, -0.05) is 24.3 Å². The summed E-state index contributed by atoms with van der Waals surface area (Å²) >= 11 is 0. The molecule has 1 fully saturated rings. The first kappa shape index (κ1) is 20.3. The number of carbonyl (C=O) groups is 1. The molecule has 1 heterocycles. The van der Waals surface area contributed by atoms with Crippen molar-refractivity contribution >= 4 is 5.91 Å². The van der Waals surface area contributed by atoms with Crippen molar-refractivity contribution < 1.29 is 14.3 Å². The Hall–Kier alpha value is -2.41. The van der Waals surface area contributed by atoms with Gasteiger partial charge < -0.3 is 9.47 Å². The third-order valence-corrected chi connectivity index (χ3v) is 4.85. The second-order valence-corrected chi connectivity index (χ2v) is 7.29. The molecule has 2 aromatic carbocycles.